The van der Waals surface area contributed by atoms with Crippen LogP contribution < -0.4 is 16.6 Å². The number of imidazole rings is 1. The quantitative estimate of drug-likeness (QED) is 0.343. The zero-order chi connectivity index (χ0) is 24.0. The number of H-pyrrole nitrogens is 1. The number of aromatic nitrogens is 6. The lowest BCUT2D eigenvalue weighted by Gasteiger charge is -2.22. The van der Waals surface area contributed by atoms with Gasteiger partial charge < -0.3 is 16.0 Å². The lowest BCUT2D eigenvalue weighted by molar-refractivity contribution is 0.578. The molecule has 1 atom stereocenters. The summed E-state index contributed by atoms with van der Waals surface area (Å²) in [5.74, 6) is -1.15. The highest BCUT2D eigenvalue weighted by molar-refractivity contribution is 6.35. The summed E-state index contributed by atoms with van der Waals surface area (Å²) < 4.78 is 29.4. The van der Waals surface area contributed by atoms with Crippen LogP contribution in [0.25, 0.3) is 27.8 Å². The Kier molecular flexibility index (Phi) is 5.33. The summed E-state index contributed by atoms with van der Waals surface area (Å²) in [5.41, 5.74) is 6.43. The van der Waals surface area contributed by atoms with E-state index in [1.807, 2.05) is 6.92 Å². The standard InChI is InChI=1S/C22H17ClF2N8O/c1-2-14(29-19-17-18(28-9-27-17)31-22(26)32-19)20-30-15-5-3-4-13(23)16(15)21(34)33(20)12-7-10(24)6-11(25)8-12/h3-9,14H,2H2,1H3,(H4,26,27,28,29,31,32)/t14-/m0/s1. The van der Waals surface area contributed by atoms with Crippen LogP contribution in [0.1, 0.15) is 25.2 Å². The molecule has 3 heterocycles. The number of nitrogens with one attached hydrogen (secondary N) is 2. The van der Waals surface area contributed by atoms with E-state index in [0.717, 1.165) is 22.8 Å². The first-order valence-electron chi connectivity index (χ1n) is 10.3. The van der Waals surface area contributed by atoms with Crippen molar-refractivity contribution in [2.75, 3.05) is 11.1 Å². The summed E-state index contributed by atoms with van der Waals surface area (Å²) >= 11 is 6.29. The molecule has 0 aliphatic carbocycles. The van der Waals surface area contributed by atoms with Gasteiger partial charge in [0.15, 0.2) is 11.5 Å². The van der Waals surface area contributed by atoms with Crippen LogP contribution in [0.4, 0.5) is 20.5 Å². The number of nitrogens with two attached hydrogens (primary N) is 1. The van der Waals surface area contributed by atoms with Gasteiger partial charge >= 0.3 is 0 Å². The second-order valence-electron chi connectivity index (χ2n) is 7.51. The van der Waals surface area contributed by atoms with Crippen molar-refractivity contribution in [2.45, 2.75) is 19.4 Å². The van der Waals surface area contributed by atoms with Gasteiger partial charge in [-0.2, -0.15) is 9.97 Å². The Bertz CT molecular complexity index is 1600. The molecule has 0 saturated heterocycles. The molecular weight excluding hydrogens is 466 g/mol. The topological polar surface area (TPSA) is 127 Å². The van der Waals surface area contributed by atoms with Gasteiger partial charge in [0.05, 0.1) is 34.0 Å². The number of rotatable bonds is 5. The zero-order valence-electron chi connectivity index (χ0n) is 17.7. The van der Waals surface area contributed by atoms with Crippen molar-refractivity contribution in [3.8, 4) is 5.69 Å². The van der Waals surface area contributed by atoms with E-state index in [0.29, 0.717) is 28.9 Å². The van der Waals surface area contributed by atoms with Gasteiger partial charge in [-0.1, -0.05) is 24.6 Å². The number of aromatic amines is 1. The second kappa shape index (κ2) is 8.34. The molecule has 0 bridgehead atoms. The summed E-state index contributed by atoms with van der Waals surface area (Å²) in [7, 11) is 0. The summed E-state index contributed by atoms with van der Waals surface area (Å²) in [6.07, 6.45) is 1.87. The predicted octanol–water partition coefficient (Wildman–Crippen LogP) is 4.13. The van der Waals surface area contributed by atoms with Crippen LogP contribution in [-0.4, -0.2) is 29.5 Å². The van der Waals surface area contributed by atoms with Crippen molar-refractivity contribution >= 4 is 45.4 Å². The van der Waals surface area contributed by atoms with Gasteiger partial charge in [0.2, 0.25) is 5.95 Å². The number of hydrogen-bond donors (Lipinski definition) is 3. The second-order valence-corrected chi connectivity index (χ2v) is 7.91. The van der Waals surface area contributed by atoms with Gasteiger partial charge in [-0.05, 0) is 30.7 Å². The molecule has 9 nitrogen and oxygen atoms in total. The molecule has 34 heavy (non-hydrogen) atoms. The Morgan fingerprint density at radius 3 is 2.68 bits per heavy atom. The molecule has 0 fully saturated rings. The molecule has 0 aliphatic heterocycles. The Balaban J connectivity index is 1.77. The maximum Gasteiger partial charge on any atom is 0.267 e. The average Bonchev–Trinajstić information content (AvgIpc) is 3.25. The van der Waals surface area contributed by atoms with E-state index in [1.54, 1.807) is 18.2 Å². The smallest absolute Gasteiger partial charge is 0.267 e. The number of hydrogen-bond acceptors (Lipinski definition) is 7. The summed E-state index contributed by atoms with van der Waals surface area (Å²) in [5, 5.41) is 3.51. The lowest BCUT2D eigenvalue weighted by atomic mass is 10.1. The minimum absolute atomic E-state index is 0.0111. The number of anilines is 2. The summed E-state index contributed by atoms with van der Waals surface area (Å²) in [6.45, 7) is 1.86. The van der Waals surface area contributed by atoms with E-state index in [4.69, 9.17) is 17.3 Å². The maximum absolute atomic E-state index is 14.1. The first-order chi connectivity index (χ1) is 16.4. The molecule has 0 radical (unpaired) electrons. The van der Waals surface area contributed by atoms with Crippen LogP contribution in [0.5, 0.6) is 0 Å². The lowest BCUT2D eigenvalue weighted by Crippen LogP contribution is -2.28. The number of fused-ring (bicyclic) bond motifs is 2. The highest BCUT2D eigenvalue weighted by atomic mass is 35.5. The zero-order valence-corrected chi connectivity index (χ0v) is 18.4. The van der Waals surface area contributed by atoms with Crippen molar-refractivity contribution in [3.05, 3.63) is 75.6 Å². The van der Waals surface area contributed by atoms with E-state index >= 15 is 0 Å². The molecule has 5 aromatic rings. The summed E-state index contributed by atoms with van der Waals surface area (Å²) in [4.78, 5) is 33.7. The largest absolute Gasteiger partial charge is 0.368 e. The minimum atomic E-state index is -0.838. The minimum Gasteiger partial charge on any atom is -0.368 e. The third-order valence-electron chi connectivity index (χ3n) is 5.31. The SMILES string of the molecule is CC[C@H](Nc1nc(N)nc2[nH]cnc12)c1nc2cccc(Cl)c2c(=O)n1-c1cc(F)cc(F)c1. The fourth-order valence-electron chi connectivity index (χ4n) is 3.83. The molecule has 0 amide bonds. The fraction of sp³-hybridized carbons (Fsp3) is 0.136. The third-order valence-corrected chi connectivity index (χ3v) is 5.62. The van der Waals surface area contributed by atoms with Crippen molar-refractivity contribution in [3.63, 3.8) is 0 Å². The van der Waals surface area contributed by atoms with Gasteiger partial charge in [-0.15, -0.1) is 0 Å². The van der Waals surface area contributed by atoms with E-state index in [9.17, 15) is 13.6 Å². The number of halogens is 3. The van der Waals surface area contributed by atoms with Crippen LogP contribution in [0.15, 0.2) is 47.5 Å². The number of nitrogens with zero attached hydrogens (tertiary/aromatic N) is 5. The number of nitrogen functional groups attached to an aromatic ring is 1. The van der Waals surface area contributed by atoms with Gasteiger partial charge in [-0.25, -0.2) is 18.7 Å². The number of benzene rings is 2. The van der Waals surface area contributed by atoms with Crippen LogP contribution in [0.3, 0.4) is 0 Å². The van der Waals surface area contributed by atoms with Crippen LogP contribution >= 0.6 is 11.6 Å². The van der Waals surface area contributed by atoms with Crippen molar-refractivity contribution < 1.29 is 8.78 Å². The van der Waals surface area contributed by atoms with Crippen LogP contribution in [-0.2, 0) is 0 Å². The van der Waals surface area contributed by atoms with Crippen LogP contribution in [0.2, 0.25) is 5.02 Å². The normalized spacial score (nSPS) is 12.4. The predicted molar refractivity (Wildman–Crippen MR) is 125 cm³/mol. The monoisotopic (exact) mass is 482 g/mol. The van der Waals surface area contributed by atoms with E-state index < -0.39 is 23.2 Å². The first-order valence-corrected chi connectivity index (χ1v) is 10.6. The molecule has 0 aliphatic rings. The van der Waals surface area contributed by atoms with Crippen LogP contribution in [0, 0.1) is 11.6 Å². The molecule has 4 N–H and O–H groups in total. The molecule has 2 aromatic carbocycles. The molecule has 3 aromatic heterocycles. The molecule has 12 heteroatoms. The summed E-state index contributed by atoms with van der Waals surface area (Å²) in [6, 6.07) is 7.07. The first kappa shape index (κ1) is 21.7. The molecular formula is C22H17ClF2N8O. The van der Waals surface area contributed by atoms with Gasteiger partial charge in [0, 0.05) is 6.07 Å². The molecule has 172 valence electrons. The fourth-order valence-corrected chi connectivity index (χ4v) is 4.08. The van der Waals surface area contributed by atoms with Crippen molar-refractivity contribution in [1.82, 2.24) is 29.5 Å². The maximum atomic E-state index is 14.1. The molecule has 0 unspecified atom stereocenters. The van der Waals surface area contributed by atoms with Crippen molar-refractivity contribution in [1.29, 1.82) is 0 Å². The van der Waals surface area contributed by atoms with E-state index in [-0.39, 0.29) is 27.9 Å². The Morgan fingerprint density at radius 1 is 1.18 bits per heavy atom. The Hall–Kier alpha value is -4.12. The molecule has 0 spiro atoms. The Labute approximate surface area is 195 Å². The van der Waals surface area contributed by atoms with Gasteiger partial charge in [-0.3, -0.25) is 9.36 Å². The highest BCUT2D eigenvalue weighted by Crippen LogP contribution is 2.28. The Morgan fingerprint density at radius 2 is 1.94 bits per heavy atom. The van der Waals surface area contributed by atoms with Gasteiger partial charge in [0.1, 0.15) is 23.0 Å². The molecule has 5 rings (SSSR count). The van der Waals surface area contributed by atoms with Gasteiger partial charge in [0.25, 0.3) is 5.56 Å². The highest BCUT2D eigenvalue weighted by Gasteiger charge is 2.23. The van der Waals surface area contributed by atoms with E-state index in [2.05, 4.69) is 30.2 Å². The average molecular weight is 483 g/mol. The van der Waals surface area contributed by atoms with Crippen molar-refractivity contribution in [2.24, 2.45) is 0 Å². The van der Waals surface area contributed by atoms with E-state index in [1.165, 1.54) is 6.33 Å². The third kappa shape index (κ3) is 3.69. The molecule has 0 saturated carbocycles.